The van der Waals surface area contributed by atoms with Crippen molar-refractivity contribution in [1.29, 1.82) is 0 Å². The Morgan fingerprint density at radius 2 is 1.21 bits per heavy atom. The van der Waals surface area contributed by atoms with Crippen LogP contribution in [0.5, 0.6) is 0 Å². The molecular weight excluding hydrogens is 502 g/mol. The molecule has 1 heterocycles. The maximum atomic E-state index is 13.9. The third kappa shape index (κ3) is 9.98. The number of aromatic nitrogens is 3. The van der Waals surface area contributed by atoms with Crippen LogP contribution in [0.1, 0.15) is 69.2 Å². The summed E-state index contributed by atoms with van der Waals surface area (Å²) in [6.07, 6.45) is -1.13. The standard InChI is InChI=1S/C24H39N5O9/c1-15(28(19(32)36-22(2,3)4)20(33)37-23(5,6)7)17(30)29(21(34)38-24(8,9)10)16(18(31)35-11)12-27-14-25-13-26-27/h13-16H,12H2,1-11H3/t15-,16-/m0/s1. The van der Waals surface area contributed by atoms with Gasteiger partial charge in [-0.25, -0.2) is 29.1 Å². The molecule has 1 aromatic rings. The second-order valence-corrected chi connectivity index (χ2v) is 11.4. The minimum absolute atomic E-state index is 0.344. The summed E-state index contributed by atoms with van der Waals surface area (Å²) in [5, 5.41) is 3.91. The van der Waals surface area contributed by atoms with Crippen LogP contribution in [-0.2, 0) is 35.1 Å². The molecule has 1 aromatic heterocycles. The first kappa shape index (κ1) is 32.3. The van der Waals surface area contributed by atoms with Gasteiger partial charge in [-0.15, -0.1) is 0 Å². The monoisotopic (exact) mass is 541 g/mol. The van der Waals surface area contributed by atoms with Gasteiger partial charge < -0.3 is 18.9 Å². The van der Waals surface area contributed by atoms with Crippen molar-refractivity contribution >= 4 is 30.2 Å². The highest BCUT2D eigenvalue weighted by Gasteiger charge is 2.46. The van der Waals surface area contributed by atoms with E-state index in [-0.39, 0.29) is 6.54 Å². The largest absolute Gasteiger partial charge is 0.467 e. The van der Waals surface area contributed by atoms with Gasteiger partial charge in [-0.1, -0.05) is 0 Å². The van der Waals surface area contributed by atoms with Crippen molar-refractivity contribution in [2.24, 2.45) is 0 Å². The van der Waals surface area contributed by atoms with E-state index < -0.39 is 59.0 Å². The number of nitrogens with zero attached hydrogens (tertiary/aromatic N) is 5. The average molecular weight is 542 g/mol. The molecule has 2 atom stereocenters. The van der Waals surface area contributed by atoms with Crippen LogP contribution >= 0.6 is 0 Å². The maximum Gasteiger partial charge on any atom is 0.420 e. The number of carbonyl (C=O) groups excluding carboxylic acids is 5. The predicted molar refractivity (Wildman–Crippen MR) is 133 cm³/mol. The van der Waals surface area contributed by atoms with Crippen LogP contribution in [0, 0.1) is 0 Å². The number of carbonyl (C=O) groups is 5. The fourth-order valence-corrected chi connectivity index (χ4v) is 2.91. The zero-order valence-electron chi connectivity index (χ0n) is 23.9. The lowest BCUT2D eigenvalue weighted by atomic mass is 10.1. The molecule has 0 unspecified atom stereocenters. The summed E-state index contributed by atoms with van der Waals surface area (Å²) in [5.74, 6) is -2.11. The molecule has 0 bridgehead atoms. The number of methoxy groups -OCH3 is 1. The van der Waals surface area contributed by atoms with E-state index in [2.05, 4.69) is 10.1 Å². The molecule has 0 aromatic carbocycles. The van der Waals surface area contributed by atoms with Gasteiger partial charge in [-0.3, -0.25) is 9.48 Å². The molecule has 14 nitrogen and oxygen atoms in total. The average Bonchev–Trinajstić information content (AvgIpc) is 3.21. The Morgan fingerprint density at radius 3 is 1.55 bits per heavy atom. The van der Waals surface area contributed by atoms with Gasteiger partial charge >= 0.3 is 24.2 Å². The molecule has 1 rings (SSSR count). The number of esters is 1. The minimum Gasteiger partial charge on any atom is -0.467 e. The lowest BCUT2D eigenvalue weighted by molar-refractivity contribution is -0.154. The third-order valence-electron chi connectivity index (χ3n) is 4.36. The summed E-state index contributed by atoms with van der Waals surface area (Å²) in [6.45, 7) is 15.0. The Labute approximate surface area is 222 Å². The first-order valence-corrected chi connectivity index (χ1v) is 11.9. The van der Waals surface area contributed by atoms with Gasteiger partial charge in [0.1, 0.15) is 35.5 Å². The van der Waals surface area contributed by atoms with Gasteiger partial charge in [0.15, 0.2) is 6.04 Å². The van der Waals surface area contributed by atoms with E-state index in [4.69, 9.17) is 18.9 Å². The Hall–Kier alpha value is -3.71. The lowest BCUT2D eigenvalue weighted by Crippen LogP contribution is -2.60. The number of imide groups is 2. The van der Waals surface area contributed by atoms with Crippen molar-refractivity contribution in [3.05, 3.63) is 12.7 Å². The second kappa shape index (κ2) is 12.2. The summed E-state index contributed by atoms with van der Waals surface area (Å²) in [7, 11) is 1.07. The molecule has 0 fully saturated rings. The highest BCUT2D eigenvalue weighted by molar-refractivity contribution is 6.02. The lowest BCUT2D eigenvalue weighted by Gasteiger charge is -2.35. The number of hydrogen-bond donors (Lipinski definition) is 0. The zero-order chi connectivity index (χ0) is 29.6. The van der Waals surface area contributed by atoms with Crippen molar-refractivity contribution in [2.45, 2.75) is 105 Å². The number of ether oxygens (including phenoxy) is 4. The van der Waals surface area contributed by atoms with Gasteiger partial charge in [0.05, 0.1) is 13.7 Å². The van der Waals surface area contributed by atoms with Crippen molar-refractivity contribution < 1.29 is 42.9 Å². The molecule has 0 aliphatic carbocycles. The van der Waals surface area contributed by atoms with Crippen LogP contribution < -0.4 is 0 Å². The molecule has 4 amide bonds. The molecule has 0 spiro atoms. The molecular formula is C24H39N5O9. The van der Waals surface area contributed by atoms with Gasteiger partial charge in [0.2, 0.25) is 0 Å². The third-order valence-corrected chi connectivity index (χ3v) is 4.36. The second-order valence-electron chi connectivity index (χ2n) is 11.4. The SMILES string of the molecule is COC(=O)[C@H](Cn1cncn1)N(C(=O)OC(C)(C)C)C(=O)[C@H](C)N(C(=O)OC(C)(C)C)C(=O)OC(C)(C)C. The van der Waals surface area contributed by atoms with Crippen molar-refractivity contribution in [2.75, 3.05) is 7.11 Å². The first-order valence-electron chi connectivity index (χ1n) is 11.9. The van der Waals surface area contributed by atoms with E-state index in [1.807, 2.05) is 0 Å². The van der Waals surface area contributed by atoms with Gasteiger partial charge in [-0.2, -0.15) is 10.00 Å². The van der Waals surface area contributed by atoms with Gasteiger partial charge in [0.25, 0.3) is 5.91 Å². The van der Waals surface area contributed by atoms with Crippen molar-refractivity contribution in [3.63, 3.8) is 0 Å². The Kier molecular flexibility index (Phi) is 10.4. The summed E-state index contributed by atoms with van der Waals surface area (Å²) in [6, 6.07) is -3.26. The van der Waals surface area contributed by atoms with Crippen molar-refractivity contribution in [1.82, 2.24) is 24.6 Å². The topological polar surface area (TPSA) is 159 Å². The van der Waals surface area contributed by atoms with Crippen LogP contribution in [0.3, 0.4) is 0 Å². The molecule has 38 heavy (non-hydrogen) atoms. The van der Waals surface area contributed by atoms with Crippen LogP contribution in [0.4, 0.5) is 14.4 Å². The number of amides is 4. The fraction of sp³-hybridized carbons (Fsp3) is 0.708. The highest BCUT2D eigenvalue weighted by atomic mass is 16.6. The van der Waals surface area contributed by atoms with Gasteiger partial charge in [0, 0.05) is 0 Å². The maximum absolute atomic E-state index is 13.9. The Balaban J connectivity index is 3.62. The Morgan fingerprint density at radius 1 is 0.789 bits per heavy atom. The van der Waals surface area contributed by atoms with Crippen LogP contribution in [0.15, 0.2) is 12.7 Å². The molecule has 0 radical (unpaired) electrons. The molecule has 0 N–H and O–H groups in total. The normalized spacial score (nSPS) is 13.6. The number of hydrogen-bond acceptors (Lipinski definition) is 11. The first-order chi connectivity index (χ1) is 17.2. The van der Waals surface area contributed by atoms with E-state index >= 15 is 0 Å². The van der Waals surface area contributed by atoms with E-state index in [0.717, 1.165) is 7.11 Å². The zero-order valence-corrected chi connectivity index (χ0v) is 23.9. The van der Waals surface area contributed by atoms with E-state index in [1.54, 1.807) is 62.3 Å². The van der Waals surface area contributed by atoms with Crippen molar-refractivity contribution in [3.8, 4) is 0 Å². The van der Waals surface area contributed by atoms with Crippen LogP contribution in [0.25, 0.3) is 0 Å². The summed E-state index contributed by atoms with van der Waals surface area (Å²) in [5.41, 5.74) is -3.14. The highest BCUT2D eigenvalue weighted by Crippen LogP contribution is 2.21. The molecule has 214 valence electrons. The predicted octanol–water partition coefficient (Wildman–Crippen LogP) is 3.14. The molecule has 14 heteroatoms. The number of rotatable bonds is 6. The smallest absolute Gasteiger partial charge is 0.420 e. The molecule has 0 aliphatic heterocycles. The van der Waals surface area contributed by atoms with Crippen LogP contribution in [0.2, 0.25) is 0 Å². The Bertz CT molecular complexity index is 976. The minimum atomic E-state index is -1.67. The van der Waals surface area contributed by atoms with E-state index in [9.17, 15) is 24.0 Å². The van der Waals surface area contributed by atoms with E-state index in [1.165, 1.54) is 24.3 Å². The quantitative estimate of drug-likeness (QED) is 0.384. The van der Waals surface area contributed by atoms with Crippen LogP contribution in [-0.4, -0.2) is 90.7 Å². The summed E-state index contributed by atoms with van der Waals surface area (Å²) in [4.78, 5) is 70.8. The summed E-state index contributed by atoms with van der Waals surface area (Å²) >= 11 is 0. The molecule has 0 saturated heterocycles. The fourth-order valence-electron chi connectivity index (χ4n) is 2.91. The van der Waals surface area contributed by atoms with E-state index in [0.29, 0.717) is 9.80 Å². The molecule has 0 saturated carbocycles. The molecule has 0 aliphatic rings. The summed E-state index contributed by atoms with van der Waals surface area (Å²) < 4.78 is 22.1. The van der Waals surface area contributed by atoms with Gasteiger partial charge in [-0.05, 0) is 69.2 Å².